The lowest BCUT2D eigenvalue weighted by Crippen LogP contribution is -2.22. The van der Waals surface area contributed by atoms with Crippen LogP contribution >= 0.6 is 0 Å². The van der Waals surface area contributed by atoms with Crippen molar-refractivity contribution in [3.05, 3.63) is 53.6 Å². The summed E-state index contributed by atoms with van der Waals surface area (Å²) in [6.45, 7) is 1.56. The number of amides is 1. The maximum Gasteiger partial charge on any atom is 0.343 e. The normalized spacial score (nSPS) is 11.2. The molecule has 0 saturated carbocycles. The van der Waals surface area contributed by atoms with Crippen molar-refractivity contribution in [2.45, 2.75) is 11.8 Å². The monoisotopic (exact) mass is 406 g/mol. The van der Waals surface area contributed by atoms with E-state index in [0.717, 1.165) is 4.31 Å². The first-order valence-corrected chi connectivity index (χ1v) is 9.73. The summed E-state index contributed by atoms with van der Waals surface area (Å²) in [5.41, 5.74) is 1.47. The molecule has 2 aromatic carbocycles. The Morgan fingerprint density at radius 1 is 1.11 bits per heavy atom. The van der Waals surface area contributed by atoms with E-state index in [-0.39, 0.29) is 17.1 Å². The van der Waals surface area contributed by atoms with Crippen LogP contribution in [0.5, 0.6) is 5.75 Å². The molecule has 0 aliphatic carbocycles. The maximum atomic E-state index is 12.5. The molecule has 28 heavy (non-hydrogen) atoms. The molecule has 1 N–H and O–H groups in total. The van der Waals surface area contributed by atoms with Crippen molar-refractivity contribution in [2.24, 2.45) is 0 Å². The highest BCUT2D eigenvalue weighted by molar-refractivity contribution is 7.89. The lowest BCUT2D eigenvalue weighted by atomic mass is 10.1. The molecule has 0 aromatic heterocycles. The van der Waals surface area contributed by atoms with Gasteiger partial charge < -0.3 is 14.8 Å². The third-order valence-corrected chi connectivity index (χ3v) is 5.72. The van der Waals surface area contributed by atoms with Crippen LogP contribution in [0.1, 0.15) is 15.9 Å². The summed E-state index contributed by atoms with van der Waals surface area (Å²) in [6, 6.07) is 10.7. The second kappa shape index (κ2) is 8.85. The van der Waals surface area contributed by atoms with Gasteiger partial charge in [-0.25, -0.2) is 17.5 Å². The van der Waals surface area contributed by atoms with Crippen molar-refractivity contribution in [2.75, 3.05) is 33.1 Å². The molecule has 8 nitrogen and oxygen atoms in total. The van der Waals surface area contributed by atoms with E-state index in [2.05, 4.69) is 10.1 Å². The summed E-state index contributed by atoms with van der Waals surface area (Å²) in [4.78, 5) is 23.7. The standard InChI is InChI=1S/C19H22N2O6S/c1-13-10-15(27-12-18(22)26-4)8-9-17(13)20-19(23)14-6-5-7-16(11-14)28(24,25)21(2)3/h5-11H,12H2,1-4H3,(H,20,23). The fraction of sp³-hybridized carbons (Fsp3) is 0.263. The lowest BCUT2D eigenvalue weighted by molar-refractivity contribution is -0.142. The molecule has 150 valence electrons. The van der Waals surface area contributed by atoms with Crippen LogP contribution in [0.15, 0.2) is 47.4 Å². The number of nitrogens with one attached hydrogen (secondary N) is 1. The third kappa shape index (κ3) is 5.08. The third-order valence-electron chi connectivity index (χ3n) is 3.91. The van der Waals surface area contributed by atoms with Crippen LogP contribution < -0.4 is 10.1 Å². The number of carbonyl (C=O) groups is 2. The lowest BCUT2D eigenvalue weighted by Gasteiger charge is -2.13. The van der Waals surface area contributed by atoms with Crippen LogP contribution in [-0.4, -0.2) is 52.4 Å². The van der Waals surface area contributed by atoms with Gasteiger partial charge in [-0.2, -0.15) is 0 Å². The molecule has 0 spiro atoms. The molecule has 0 unspecified atom stereocenters. The summed E-state index contributed by atoms with van der Waals surface area (Å²) >= 11 is 0. The number of sulfonamides is 1. The Morgan fingerprint density at radius 3 is 2.43 bits per heavy atom. The number of methoxy groups -OCH3 is 1. The minimum absolute atomic E-state index is 0.0356. The van der Waals surface area contributed by atoms with E-state index < -0.39 is 21.9 Å². The Hall–Kier alpha value is -2.91. The molecule has 9 heteroatoms. The summed E-state index contributed by atoms with van der Waals surface area (Å²) in [5, 5.41) is 2.74. The maximum absolute atomic E-state index is 12.5. The largest absolute Gasteiger partial charge is 0.482 e. The zero-order valence-corrected chi connectivity index (χ0v) is 16.9. The SMILES string of the molecule is COC(=O)COc1ccc(NC(=O)c2cccc(S(=O)(=O)N(C)C)c2)c(C)c1. The van der Waals surface area contributed by atoms with Gasteiger partial charge in [-0.15, -0.1) is 0 Å². The van der Waals surface area contributed by atoms with Gasteiger partial charge in [-0.05, 0) is 48.9 Å². The van der Waals surface area contributed by atoms with Gasteiger partial charge >= 0.3 is 5.97 Å². The van der Waals surface area contributed by atoms with Crippen LogP contribution in [0.2, 0.25) is 0 Å². The number of nitrogens with zero attached hydrogens (tertiary/aromatic N) is 1. The quantitative estimate of drug-likeness (QED) is 0.706. The first-order valence-electron chi connectivity index (χ1n) is 8.29. The summed E-state index contributed by atoms with van der Waals surface area (Å²) in [7, 11) is 0.488. The first kappa shape index (κ1) is 21.4. The molecule has 0 fully saturated rings. The van der Waals surface area contributed by atoms with Crippen molar-refractivity contribution in [3.8, 4) is 5.75 Å². The van der Waals surface area contributed by atoms with Crippen LogP contribution in [-0.2, 0) is 19.6 Å². The van der Waals surface area contributed by atoms with Gasteiger partial charge in [0, 0.05) is 25.3 Å². The van der Waals surface area contributed by atoms with Crippen LogP contribution in [0.25, 0.3) is 0 Å². The zero-order valence-electron chi connectivity index (χ0n) is 16.1. The molecular weight excluding hydrogens is 384 g/mol. The van der Waals surface area contributed by atoms with Gasteiger partial charge in [0.1, 0.15) is 5.75 Å². The van der Waals surface area contributed by atoms with Gasteiger partial charge in [0.25, 0.3) is 5.91 Å². The molecule has 0 bridgehead atoms. The Balaban J connectivity index is 2.16. The molecule has 0 aliphatic heterocycles. The highest BCUT2D eigenvalue weighted by atomic mass is 32.2. The van der Waals surface area contributed by atoms with Crippen molar-refractivity contribution < 1.29 is 27.5 Å². The smallest absolute Gasteiger partial charge is 0.343 e. The Kier molecular flexibility index (Phi) is 6.76. The molecule has 1 amide bonds. The average Bonchev–Trinajstić information content (AvgIpc) is 2.67. The molecule has 0 aliphatic rings. The number of esters is 1. The van der Waals surface area contributed by atoms with Gasteiger partial charge in [0.15, 0.2) is 6.61 Å². The van der Waals surface area contributed by atoms with Gasteiger partial charge in [-0.1, -0.05) is 6.07 Å². The second-order valence-corrected chi connectivity index (χ2v) is 8.26. The number of hydrogen-bond donors (Lipinski definition) is 1. The Labute approximate surface area is 164 Å². The van der Waals surface area contributed by atoms with Crippen molar-refractivity contribution in [3.63, 3.8) is 0 Å². The summed E-state index contributed by atoms with van der Waals surface area (Å²) in [5.74, 6) is -0.482. The van der Waals surface area contributed by atoms with Gasteiger partial charge in [-0.3, -0.25) is 4.79 Å². The van der Waals surface area contributed by atoms with E-state index in [9.17, 15) is 18.0 Å². The highest BCUT2D eigenvalue weighted by Crippen LogP contribution is 2.23. The first-order chi connectivity index (χ1) is 13.1. The van der Waals surface area contributed by atoms with Crippen molar-refractivity contribution >= 4 is 27.6 Å². The van der Waals surface area contributed by atoms with E-state index >= 15 is 0 Å². The van der Waals surface area contributed by atoms with Crippen molar-refractivity contribution in [1.82, 2.24) is 4.31 Å². The number of aryl methyl sites for hydroxylation is 1. The summed E-state index contributed by atoms with van der Waals surface area (Å²) < 4.78 is 35.4. The topological polar surface area (TPSA) is 102 Å². The fourth-order valence-electron chi connectivity index (χ4n) is 2.27. The predicted molar refractivity (Wildman–Crippen MR) is 104 cm³/mol. The van der Waals surface area contributed by atoms with Crippen LogP contribution in [0.3, 0.4) is 0 Å². The van der Waals surface area contributed by atoms with Gasteiger partial charge in [0.05, 0.1) is 12.0 Å². The molecule has 2 rings (SSSR count). The number of carbonyl (C=O) groups excluding carboxylic acids is 2. The molecule has 0 atom stereocenters. The molecule has 0 saturated heterocycles. The molecular formula is C19H22N2O6S. The van der Waals surface area contributed by atoms with E-state index in [0.29, 0.717) is 17.0 Å². The van der Waals surface area contributed by atoms with Crippen molar-refractivity contribution in [1.29, 1.82) is 0 Å². The number of rotatable bonds is 7. The number of benzene rings is 2. The van der Waals surface area contributed by atoms with Crippen LogP contribution in [0.4, 0.5) is 5.69 Å². The van der Waals surface area contributed by atoms with E-state index in [4.69, 9.17) is 4.74 Å². The predicted octanol–water partition coefficient (Wildman–Crippen LogP) is 2.05. The highest BCUT2D eigenvalue weighted by Gasteiger charge is 2.19. The van der Waals surface area contributed by atoms with Gasteiger partial charge in [0.2, 0.25) is 10.0 Å². The summed E-state index contributed by atoms with van der Waals surface area (Å²) in [6.07, 6.45) is 0. The Morgan fingerprint density at radius 2 is 1.82 bits per heavy atom. The number of hydrogen-bond acceptors (Lipinski definition) is 6. The van der Waals surface area contributed by atoms with E-state index in [1.807, 2.05) is 0 Å². The Bertz CT molecular complexity index is 986. The van der Waals surface area contributed by atoms with Crippen LogP contribution in [0, 0.1) is 6.92 Å². The molecule has 0 heterocycles. The van der Waals surface area contributed by atoms with E-state index in [1.165, 1.54) is 45.5 Å². The fourth-order valence-corrected chi connectivity index (χ4v) is 3.22. The number of ether oxygens (including phenoxy) is 2. The zero-order chi connectivity index (χ0) is 20.9. The second-order valence-electron chi connectivity index (χ2n) is 6.11. The average molecular weight is 406 g/mol. The number of anilines is 1. The molecule has 2 aromatic rings. The minimum atomic E-state index is -3.64. The molecule has 0 radical (unpaired) electrons. The minimum Gasteiger partial charge on any atom is -0.482 e. The van der Waals surface area contributed by atoms with E-state index in [1.54, 1.807) is 25.1 Å².